The van der Waals surface area contributed by atoms with Crippen molar-refractivity contribution in [1.29, 1.82) is 0 Å². The molecule has 1 aromatic carbocycles. The van der Waals surface area contributed by atoms with E-state index in [2.05, 4.69) is 10.4 Å². The van der Waals surface area contributed by atoms with E-state index in [1.165, 1.54) is 0 Å². The number of benzene rings is 1. The van der Waals surface area contributed by atoms with E-state index in [0.717, 1.165) is 11.3 Å². The molecule has 0 aliphatic heterocycles. The fourth-order valence-electron chi connectivity index (χ4n) is 1.97. The van der Waals surface area contributed by atoms with Gasteiger partial charge in [0.2, 0.25) is 0 Å². The Bertz CT molecular complexity index is 551. The van der Waals surface area contributed by atoms with Crippen LogP contribution >= 0.6 is 0 Å². The Kier molecular flexibility index (Phi) is 4.90. The minimum absolute atomic E-state index is 0.276. The smallest absolute Gasteiger partial charge is 0.327 e. The average molecular weight is 273 g/mol. The molecule has 1 heterocycles. The third-order valence-corrected chi connectivity index (χ3v) is 2.89. The fraction of sp³-hybridized carbons (Fsp3) is 0.333. The number of likely N-dealkylation sites (N-methyl/N-ethyl adjacent to an activating group) is 1. The van der Waals surface area contributed by atoms with Crippen molar-refractivity contribution in [3.05, 3.63) is 48.3 Å². The van der Waals surface area contributed by atoms with Gasteiger partial charge in [-0.1, -0.05) is 25.1 Å². The molecule has 20 heavy (non-hydrogen) atoms. The van der Waals surface area contributed by atoms with Crippen molar-refractivity contribution in [2.45, 2.75) is 19.9 Å². The molecule has 106 valence electrons. The van der Waals surface area contributed by atoms with Crippen molar-refractivity contribution in [2.24, 2.45) is 0 Å². The molecule has 0 spiro atoms. The zero-order chi connectivity index (χ0) is 14.4. The summed E-state index contributed by atoms with van der Waals surface area (Å²) in [6.45, 7) is 4.80. The Morgan fingerprint density at radius 3 is 2.75 bits per heavy atom. The van der Waals surface area contributed by atoms with Gasteiger partial charge in [0, 0.05) is 11.8 Å². The number of ether oxygens (including phenoxy) is 1. The lowest BCUT2D eigenvalue weighted by molar-refractivity contribution is -0.145. The molecule has 5 heteroatoms. The standard InChI is InChI=1S/C15H19N3O2/c1-3-16-14(15(19)20-4-2)12-10-17-18(11-12)13-8-6-5-7-9-13/h5-11,14,16H,3-4H2,1-2H3. The van der Waals surface area contributed by atoms with Gasteiger partial charge in [0.25, 0.3) is 0 Å². The summed E-state index contributed by atoms with van der Waals surface area (Å²) in [6, 6.07) is 9.30. The Labute approximate surface area is 118 Å². The lowest BCUT2D eigenvalue weighted by Gasteiger charge is -2.14. The summed E-state index contributed by atoms with van der Waals surface area (Å²) in [7, 11) is 0. The van der Waals surface area contributed by atoms with E-state index < -0.39 is 6.04 Å². The van der Waals surface area contributed by atoms with Gasteiger partial charge in [0.15, 0.2) is 0 Å². The average Bonchev–Trinajstić information content (AvgIpc) is 2.95. The SMILES string of the molecule is CCNC(C(=O)OCC)c1cnn(-c2ccccc2)c1. The van der Waals surface area contributed by atoms with E-state index in [9.17, 15) is 4.79 Å². The molecule has 0 saturated carbocycles. The van der Waals surface area contributed by atoms with E-state index in [1.807, 2.05) is 43.5 Å². The number of para-hydroxylation sites is 1. The van der Waals surface area contributed by atoms with Gasteiger partial charge in [0.1, 0.15) is 6.04 Å². The number of rotatable bonds is 6. The van der Waals surface area contributed by atoms with Crippen LogP contribution in [-0.4, -0.2) is 28.9 Å². The van der Waals surface area contributed by atoms with Crippen LogP contribution < -0.4 is 5.32 Å². The number of aromatic nitrogens is 2. The van der Waals surface area contributed by atoms with Gasteiger partial charge in [-0.25, -0.2) is 9.48 Å². The highest BCUT2D eigenvalue weighted by atomic mass is 16.5. The largest absolute Gasteiger partial charge is 0.465 e. The predicted molar refractivity (Wildman–Crippen MR) is 76.6 cm³/mol. The maximum absolute atomic E-state index is 12.0. The molecule has 5 nitrogen and oxygen atoms in total. The lowest BCUT2D eigenvalue weighted by Crippen LogP contribution is -2.29. The van der Waals surface area contributed by atoms with Crippen LogP contribution in [0.2, 0.25) is 0 Å². The van der Waals surface area contributed by atoms with Gasteiger partial charge in [-0.2, -0.15) is 5.10 Å². The molecule has 0 aliphatic rings. The van der Waals surface area contributed by atoms with E-state index >= 15 is 0 Å². The van der Waals surface area contributed by atoms with Crippen LogP contribution in [0.15, 0.2) is 42.7 Å². The summed E-state index contributed by atoms with van der Waals surface area (Å²) < 4.78 is 6.84. The quantitative estimate of drug-likeness (QED) is 0.819. The molecule has 2 aromatic rings. The van der Waals surface area contributed by atoms with Crippen LogP contribution in [0.5, 0.6) is 0 Å². The Morgan fingerprint density at radius 2 is 2.10 bits per heavy atom. The maximum atomic E-state index is 12.0. The Hall–Kier alpha value is -2.14. The number of esters is 1. The maximum Gasteiger partial charge on any atom is 0.327 e. The molecule has 0 fully saturated rings. The third-order valence-electron chi connectivity index (χ3n) is 2.89. The molecular formula is C15H19N3O2. The van der Waals surface area contributed by atoms with Gasteiger partial charge in [-0.05, 0) is 25.6 Å². The zero-order valence-corrected chi connectivity index (χ0v) is 11.7. The first kappa shape index (κ1) is 14.3. The first-order chi connectivity index (χ1) is 9.76. The van der Waals surface area contributed by atoms with Crippen LogP contribution in [0.3, 0.4) is 0 Å². The molecule has 1 aromatic heterocycles. The number of carbonyl (C=O) groups is 1. The molecule has 0 amide bonds. The summed E-state index contributed by atoms with van der Waals surface area (Å²) in [6.07, 6.45) is 3.54. The second-order valence-electron chi connectivity index (χ2n) is 4.30. The molecule has 0 bridgehead atoms. The van der Waals surface area contributed by atoms with E-state index in [-0.39, 0.29) is 5.97 Å². The minimum Gasteiger partial charge on any atom is -0.465 e. The molecule has 0 saturated heterocycles. The highest BCUT2D eigenvalue weighted by Crippen LogP contribution is 2.16. The number of carbonyl (C=O) groups excluding carboxylic acids is 1. The van der Waals surface area contributed by atoms with E-state index in [4.69, 9.17) is 4.74 Å². The number of hydrogen-bond acceptors (Lipinski definition) is 4. The molecule has 1 N–H and O–H groups in total. The van der Waals surface area contributed by atoms with Crippen molar-refractivity contribution in [3.63, 3.8) is 0 Å². The van der Waals surface area contributed by atoms with Crippen molar-refractivity contribution in [1.82, 2.24) is 15.1 Å². The van der Waals surface area contributed by atoms with Crippen molar-refractivity contribution >= 4 is 5.97 Å². The first-order valence-corrected chi connectivity index (χ1v) is 6.76. The van der Waals surface area contributed by atoms with Crippen LogP contribution in [0.1, 0.15) is 25.5 Å². The van der Waals surface area contributed by atoms with Crippen LogP contribution in [-0.2, 0) is 9.53 Å². The second-order valence-corrected chi connectivity index (χ2v) is 4.30. The summed E-state index contributed by atoms with van der Waals surface area (Å²) in [5.74, 6) is -0.276. The van der Waals surface area contributed by atoms with E-state index in [0.29, 0.717) is 13.2 Å². The van der Waals surface area contributed by atoms with Crippen LogP contribution in [0.4, 0.5) is 0 Å². The Balaban J connectivity index is 2.23. The summed E-state index contributed by atoms with van der Waals surface area (Å²) in [4.78, 5) is 12.0. The highest BCUT2D eigenvalue weighted by molar-refractivity contribution is 5.77. The minimum atomic E-state index is -0.475. The number of nitrogens with zero attached hydrogens (tertiary/aromatic N) is 2. The normalized spacial score (nSPS) is 12.1. The summed E-state index contributed by atoms with van der Waals surface area (Å²) in [5, 5.41) is 7.42. The highest BCUT2D eigenvalue weighted by Gasteiger charge is 2.22. The van der Waals surface area contributed by atoms with Gasteiger partial charge in [-0.3, -0.25) is 0 Å². The van der Waals surface area contributed by atoms with E-state index in [1.54, 1.807) is 17.8 Å². The van der Waals surface area contributed by atoms with Crippen molar-refractivity contribution < 1.29 is 9.53 Å². The predicted octanol–water partition coefficient (Wildman–Crippen LogP) is 2.09. The topological polar surface area (TPSA) is 56.1 Å². The van der Waals surface area contributed by atoms with Gasteiger partial charge >= 0.3 is 5.97 Å². The van der Waals surface area contributed by atoms with Gasteiger partial charge < -0.3 is 10.1 Å². The van der Waals surface area contributed by atoms with Crippen molar-refractivity contribution in [3.8, 4) is 5.69 Å². The summed E-state index contributed by atoms with van der Waals surface area (Å²) >= 11 is 0. The number of hydrogen-bond donors (Lipinski definition) is 1. The fourth-order valence-corrected chi connectivity index (χ4v) is 1.97. The molecule has 0 radical (unpaired) electrons. The monoisotopic (exact) mass is 273 g/mol. The Morgan fingerprint density at radius 1 is 1.35 bits per heavy atom. The third kappa shape index (κ3) is 3.24. The number of nitrogens with one attached hydrogen (secondary N) is 1. The van der Waals surface area contributed by atoms with Crippen LogP contribution in [0, 0.1) is 0 Å². The molecule has 0 aliphatic carbocycles. The molecule has 2 rings (SSSR count). The van der Waals surface area contributed by atoms with Gasteiger partial charge in [-0.15, -0.1) is 0 Å². The summed E-state index contributed by atoms with van der Waals surface area (Å²) in [5.41, 5.74) is 1.76. The molecule has 1 atom stereocenters. The second kappa shape index (κ2) is 6.86. The molecular weight excluding hydrogens is 254 g/mol. The van der Waals surface area contributed by atoms with Gasteiger partial charge in [0.05, 0.1) is 18.5 Å². The zero-order valence-electron chi connectivity index (χ0n) is 11.7. The lowest BCUT2D eigenvalue weighted by atomic mass is 10.1. The first-order valence-electron chi connectivity index (χ1n) is 6.76. The van der Waals surface area contributed by atoms with Crippen molar-refractivity contribution in [2.75, 3.05) is 13.2 Å². The van der Waals surface area contributed by atoms with Crippen LogP contribution in [0.25, 0.3) is 5.69 Å². The molecule has 1 unspecified atom stereocenters.